The Labute approximate surface area is 131 Å². The maximum Gasteiger partial charge on any atom is 0.0931 e. The number of hydrogen-bond donors (Lipinski definition) is 1. The fourth-order valence-corrected chi connectivity index (χ4v) is 3.51. The summed E-state index contributed by atoms with van der Waals surface area (Å²) in [6, 6.07) is 4.78. The lowest BCUT2D eigenvalue weighted by Gasteiger charge is -2.34. The van der Waals surface area contributed by atoms with Crippen LogP contribution in [0.2, 0.25) is 4.34 Å². The number of piperazine rings is 1. The molecular formula is C12H21Cl3N2S. The van der Waals surface area contributed by atoms with E-state index in [1.54, 1.807) is 11.3 Å². The maximum atomic E-state index is 6.03. The minimum absolute atomic E-state index is 0. The summed E-state index contributed by atoms with van der Waals surface area (Å²) in [4.78, 5) is 4.01. The first-order chi connectivity index (χ1) is 7.81. The smallest absolute Gasteiger partial charge is 0.0931 e. The third-order valence-electron chi connectivity index (χ3n) is 3.08. The zero-order valence-corrected chi connectivity index (χ0v) is 13.7. The summed E-state index contributed by atoms with van der Waals surface area (Å²) < 4.78 is 0.909. The molecule has 1 saturated heterocycles. The Kier molecular flexibility index (Phi) is 9.66. The number of halogens is 3. The first-order valence-corrected chi connectivity index (χ1v) is 7.20. The van der Waals surface area contributed by atoms with Gasteiger partial charge >= 0.3 is 0 Å². The average molecular weight is 332 g/mol. The van der Waals surface area contributed by atoms with Gasteiger partial charge in [0.05, 0.1) is 4.34 Å². The predicted molar refractivity (Wildman–Crippen MR) is 85.9 cm³/mol. The maximum absolute atomic E-state index is 6.03. The van der Waals surface area contributed by atoms with E-state index in [0.717, 1.165) is 30.5 Å². The minimum atomic E-state index is 0. The highest BCUT2D eigenvalue weighted by Gasteiger charge is 2.22. The van der Waals surface area contributed by atoms with Gasteiger partial charge in [0.25, 0.3) is 0 Å². The lowest BCUT2D eigenvalue weighted by molar-refractivity contribution is 0.167. The standard InChI is InChI=1S/C12H19ClN2S.2ClH/c1-2-3-10(11-4-5-12(13)16-11)15-8-6-14-7-9-15;;/h4-5,10,14H,2-3,6-9H2,1H3;2*1H/t10-;;/m0../s1. The Hall–Kier alpha value is 0.490. The monoisotopic (exact) mass is 330 g/mol. The molecule has 0 aliphatic carbocycles. The van der Waals surface area contributed by atoms with E-state index in [9.17, 15) is 0 Å². The van der Waals surface area contributed by atoms with Crippen molar-refractivity contribution >= 4 is 47.8 Å². The van der Waals surface area contributed by atoms with Gasteiger partial charge in [-0.25, -0.2) is 0 Å². The SMILES string of the molecule is CCC[C@@H](c1ccc(Cl)s1)N1CCNCC1.Cl.Cl. The van der Waals surface area contributed by atoms with Gasteiger partial charge in [-0.15, -0.1) is 36.2 Å². The molecule has 2 rings (SSSR count). The summed E-state index contributed by atoms with van der Waals surface area (Å²) in [6.45, 7) is 6.78. The lowest BCUT2D eigenvalue weighted by Crippen LogP contribution is -2.44. The van der Waals surface area contributed by atoms with Gasteiger partial charge in [0.15, 0.2) is 0 Å². The normalized spacial score (nSPS) is 17.7. The lowest BCUT2D eigenvalue weighted by atomic mass is 10.1. The number of nitrogens with zero attached hydrogens (tertiary/aromatic N) is 1. The molecule has 1 aliphatic rings. The van der Waals surface area contributed by atoms with Gasteiger partial charge in [-0.05, 0) is 18.6 Å². The molecule has 1 fully saturated rings. The number of nitrogens with one attached hydrogen (secondary N) is 1. The summed E-state index contributed by atoms with van der Waals surface area (Å²) in [5, 5.41) is 3.40. The van der Waals surface area contributed by atoms with Gasteiger partial charge in [0.2, 0.25) is 0 Å². The Morgan fingerprint density at radius 2 is 2.00 bits per heavy atom. The Bertz CT molecular complexity index is 327. The van der Waals surface area contributed by atoms with Crippen molar-refractivity contribution in [3.8, 4) is 0 Å². The molecule has 0 amide bonds. The quantitative estimate of drug-likeness (QED) is 0.897. The molecule has 0 unspecified atom stereocenters. The summed E-state index contributed by atoms with van der Waals surface area (Å²) in [7, 11) is 0. The van der Waals surface area contributed by atoms with E-state index in [1.807, 2.05) is 6.07 Å². The van der Waals surface area contributed by atoms with Crippen LogP contribution in [0, 0.1) is 0 Å². The van der Waals surface area contributed by atoms with E-state index < -0.39 is 0 Å². The fourth-order valence-electron chi connectivity index (χ4n) is 2.28. The second-order valence-corrected chi connectivity index (χ2v) is 5.98. The van der Waals surface area contributed by atoms with Crippen LogP contribution in [0.15, 0.2) is 12.1 Å². The van der Waals surface area contributed by atoms with Crippen molar-refractivity contribution in [3.63, 3.8) is 0 Å². The van der Waals surface area contributed by atoms with E-state index in [4.69, 9.17) is 11.6 Å². The summed E-state index contributed by atoms with van der Waals surface area (Å²) in [5.74, 6) is 0. The zero-order chi connectivity index (χ0) is 11.4. The number of thiophene rings is 1. The summed E-state index contributed by atoms with van der Waals surface area (Å²) in [6.07, 6.45) is 2.46. The van der Waals surface area contributed by atoms with Crippen LogP contribution in [0.1, 0.15) is 30.7 Å². The average Bonchev–Trinajstić information content (AvgIpc) is 2.74. The third kappa shape index (κ3) is 4.87. The first kappa shape index (κ1) is 18.5. The highest BCUT2D eigenvalue weighted by Crippen LogP contribution is 2.33. The number of hydrogen-bond acceptors (Lipinski definition) is 3. The second-order valence-electron chi connectivity index (χ2n) is 4.23. The molecule has 0 radical (unpaired) electrons. The number of rotatable bonds is 4. The van der Waals surface area contributed by atoms with Crippen molar-refractivity contribution in [1.82, 2.24) is 10.2 Å². The molecule has 0 aromatic carbocycles. The Balaban J connectivity index is 0.00000144. The molecule has 1 aromatic heterocycles. The van der Waals surface area contributed by atoms with Gasteiger partial charge in [-0.2, -0.15) is 0 Å². The summed E-state index contributed by atoms with van der Waals surface area (Å²) in [5.41, 5.74) is 0. The van der Waals surface area contributed by atoms with Gasteiger partial charge in [0.1, 0.15) is 0 Å². The van der Waals surface area contributed by atoms with Crippen LogP contribution >= 0.6 is 47.8 Å². The van der Waals surface area contributed by atoms with E-state index in [-0.39, 0.29) is 24.8 Å². The van der Waals surface area contributed by atoms with Crippen LogP contribution in [-0.4, -0.2) is 31.1 Å². The van der Waals surface area contributed by atoms with E-state index >= 15 is 0 Å². The Morgan fingerprint density at radius 3 is 2.50 bits per heavy atom. The van der Waals surface area contributed by atoms with Gasteiger partial charge in [-0.3, -0.25) is 4.90 Å². The summed E-state index contributed by atoms with van der Waals surface area (Å²) >= 11 is 7.76. The molecule has 106 valence electrons. The van der Waals surface area contributed by atoms with Crippen molar-refractivity contribution in [3.05, 3.63) is 21.3 Å². The molecule has 1 aliphatic heterocycles. The topological polar surface area (TPSA) is 15.3 Å². The third-order valence-corrected chi connectivity index (χ3v) is 4.41. The molecule has 2 nitrogen and oxygen atoms in total. The predicted octanol–water partition coefficient (Wildman–Crippen LogP) is 3.99. The zero-order valence-electron chi connectivity index (χ0n) is 10.5. The molecular weight excluding hydrogens is 311 g/mol. The van der Waals surface area contributed by atoms with E-state index in [2.05, 4.69) is 23.2 Å². The molecule has 6 heteroatoms. The van der Waals surface area contributed by atoms with Crippen LogP contribution in [0.4, 0.5) is 0 Å². The van der Waals surface area contributed by atoms with Crippen LogP contribution in [0.3, 0.4) is 0 Å². The molecule has 1 N–H and O–H groups in total. The van der Waals surface area contributed by atoms with Crippen LogP contribution in [0.25, 0.3) is 0 Å². The van der Waals surface area contributed by atoms with Crippen LogP contribution < -0.4 is 5.32 Å². The van der Waals surface area contributed by atoms with E-state index in [1.165, 1.54) is 17.7 Å². The molecule has 1 aromatic rings. The fraction of sp³-hybridized carbons (Fsp3) is 0.667. The molecule has 2 heterocycles. The van der Waals surface area contributed by atoms with Gasteiger partial charge in [-0.1, -0.05) is 24.9 Å². The largest absolute Gasteiger partial charge is 0.314 e. The van der Waals surface area contributed by atoms with E-state index in [0.29, 0.717) is 6.04 Å². The molecule has 0 spiro atoms. The second kappa shape index (κ2) is 9.40. The highest BCUT2D eigenvalue weighted by molar-refractivity contribution is 7.16. The van der Waals surface area contributed by atoms with Crippen molar-refractivity contribution in [2.24, 2.45) is 0 Å². The van der Waals surface area contributed by atoms with Crippen LogP contribution in [0.5, 0.6) is 0 Å². The van der Waals surface area contributed by atoms with Gasteiger partial charge in [0, 0.05) is 37.1 Å². The van der Waals surface area contributed by atoms with Gasteiger partial charge < -0.3 is 5.32 Å². The first-order valence-electron chi connectivity index (χ1n) is 6.01. The molecule has 0 bridgehead atoms. The molecule has 0 saturated carbocycles. The van der Waals surface area contributed by atoms with Crippen LogP contribution in [-0.2, 0) is 0 Å². The van der Waals surface area contributed by atoms with Crippen molar-refractivity contribution in [2.75, 3.05) is 26.2 Å². The highest BCUT2D eigenvalue weighted by atomic mass is 35.5. The molecule has 1 atom stereocenters. The van der Waals surface area contributed by atoms with Crippen molar-refractivity contribution in [2.45, 2.75) is 25.8 Å². The Morgan fingerprint density at radius 1 is 1.33 bits per heavy atom. The minimum Gasteiger partial charge on any atom is -0.314 e. The molecule has 18 heavy (non-hydrogen) atoms. The van der Waals surface area contributed by atoms with Crippen molar-refractivity contribution in [1.29, 1.82) is 0 Å². The van der Waals surface area contributed by atoms with Crippen molar-refractivity contribution < 1.29 is 0 Å².